The standard InChI is InChI=1S/C20H30N4O3/c1-2-23-17-9-4-14(12-18(17)27-13-19(23)25)20(26)22-15-5-7-16(8-6-15)24-11-3-10-21-24/h3,10-11,14-18H,2,4-9,12-13H2,1H3,(H,22,26)/t14-,15?,16?,17-,18-/m0/s1. The Bertz CT molecular complexity index is 654. The van der Waals surface area contributed by atoms with Gasteiger partial charge in [0.2, 0.25) is 11.8 Å². The molecule has 148 valence electrons. The lowest BCUT2D eigenvalue weighted by molar-refractivity contribution is -0.163. The first-order chi connectivity index (χ1) is 13.2. The summed E-state index contributed by atoms with van der Waals surface area (Å²) in [5.41, 5.74) is 0. The van der Waals surface area contributed by atoms with E-state index in [0.29, 0.717) is 6.04 Å². The van der Waals surface area contributed by atoms with E-state index < -0.39 is 0 Å². The third-order valence-corrected chi connectivity index (χ3v) is 6.55. The highest BCUT2D eigenvalue weighted by atomic mass is 16.5. The first-order valence-corrected chi connectivity index (χ1v) is 10.4. The van der Waals surface area contributed by atoms with Gasteiger partial charge in [-0.3, -0.25) is 14.3 Å². The monoisotopic (exact) mass is 374 g/mol. The zero-order valence-electron chi connectivity index (χ0n) is 16.0. The van der Waals surface area contributed by atoms with Gasteiger partial charge in [-0.15, -0.1) is 0 Å². The summed E-state index contributed by atoms with van der Waals surface area (Å²) in [6.45, 7) is 2.89. The summed E-state index contributed by atoms with van der Waals surface area (Å²) in [5.74, 6) is 0.247. The number of rotatable bonds is 4. The van der Waals surface area contributed by atoms with Crippen LogP contribution in [0.4, 0.5) is 0 Å². The van der Waals surface area contributed by atoms with Crippen LogP contribution in [0.15, 0.2) is 18.5 Å². The molecule has 27 heavy (non-hydrogen) atoms. The summed E-state index contributed by atoms with van der Waals surface area (Å²) >= 11 is 0. The first kappa shape index (κ1) is 18.5. The fourth-order valence-electron chi connectivity index (χ4n) is 5.04. The topological polar surface area (TPSA) is 76.5 Å². The third-order valence-electron chi connectivity index (χ3n) is 6.55. The zero-order valence-corrected chi connectivity index (χ0v) is 16.0. The van der Waals surface area contributed by atoms with Crippen molar-refractivity contribution in [1.29, 1.82) is 0 Å². The molecular formula is C20H30N4O3. The SMILES string of the molecule is CCN1C(=O)CO[C@H]2C[C@@H](C(=O)NC3CCC(n4cccn4)CC3)CC[C@@H]21. The number of hydrogen-bond acceptors (Lipinski definition) is 4. The van der Waals surface area contributed by atoms with Crippen LogP contribution in [0.5, 0.6) is 0 Å². The molecule has 0 spiro atoms. The molecule has 0 unspecified atom stereocenters. The van der Waals surface area contributed by atoms with Crippen LogP contribution in [-0.4, -0.2) is 57.8 Å². The molecule has 1 aromatic rings. The van der Waals surface area contributed by atoms with Crippen molar-refractivity contribution in [2.45, 2.75) is 76.1 Å². The first-order valence-electron chi connectivity index (χ1n) is 10.4. The van der Waals surface area contributed by atoms with Crippen LogP contribution >= 0.6 is 0 Å². The highest BCUT2D eigenvalue weighted by molar-refractivity contribution is 5.80. The van der Waals surface area contributed by atoms with Crippen LogP contribution in [0.1, 0.15) is 57.9 Å². The Balaban J connectivity index is 1.27. The summed E-state index contributed by atoms with van der Waals surface area (Å²) in [6.07, 6.45) is 10.4. The van der Waals surface area contributed by atoms with Gasteiger partial charge in [-0.2, -0.15) is 5.10 Å². The second-order valence-corrected chi connectivity index (χ2v) is 8.11. The minimum absolute atomic E-state index is 0.00185. The molecule has 1 saturated heterocycles. The fourth-order valence-corrected chi connectivity index (χ4v) is 5.04. The smallest absolute Gasteiger partial charge is 0.248 e. The Labute approximate surface area is 160 Å². The van der Waals surface area contributed by atoms with E-state index in [0.717, 1.165) is 51.5 Å². The molecule has 2 heterocycles. The number of carbonyl (C=O) groups is 2. The van der Waals surface area contributed by atoms with E-state index in [1.54, 1.807) is 0 Å². The van der Waals surface area contributed by atoms with Gasteiger partial charge < -0.3 is 15.0 Å². The molecule has 2 aliphatic carbocycles. The molecule has 7 heteroatoms. The fraction of sp³-hybridized carbons (Fsp3) is 0.750. The lowest BCUT2D eigenvalue weighted by atomic mass is 9.81. The van der Waals surface area contributed by atoms with Crippen LogP contribution in [0, 0.1) is 5.92 Å². The van der Waals surface area contributed by atoms with Gasteiger partial charge in [0.1, 0.15) is 6.61 Å². The molecule has 2 amide bonds. The molecule has 0 bridgehead atoms. The van der Waals surface area contributed by atoms with E-state index in [9.17, 15) is 9.59 Å². The van der Waals surface area contributed by atoms with Gasteiger partial charge in [-0.05, 0) is 57.9 Å². The van der Waals surface area contributed by atoms with Crippen molar-refractivity contribution in [1.82, 2.24) is 20.0 Å². The quantitative estimate of drug-likeness (QED) is 0.873. The number of morpholine rings is 1. The van der Waals surface area contributed by atoms with Crippen molar-refractivity contribution < 1.29 is 14.3 Å². The lowest BCUT2D eigenvalue weighted by Gasteiger charge is -2.45. The number of amides is 2. The van der Waals surface area contributed by atoms with E-state index >= 15 is 0 Å². The summed E-state index contributed by atoms with van der Waals surface area (Å²) < 4.78 is 7.81. The highest BCUT2D eigenvalue weighted by Crippen LogP contribution is 2.33. The molecule has 3 atom stereocenters. The van der Waals surface area contributed by atoms with Gasteiger partial charge in [0, 0.05) is 30.9 Å². The van der Waals surface area contributed by atoms with E-state index in [2.05, 4.69) is 10.4 Å². The average Bonchev–Trinajstić information content (AvgIpc) is 3.23. The maximum atomic E-state index is 12.8. The Morgan fingerprint density at radius 3 is 2.78 bits per heavy atom. The van der Waals surface area contributed by atoms with Crippen LogP contribution in [0.3, 0.4) is 0 Å². The molecule has 4 rings (SSSR count). The summed E-state index contributed by atoms with van der Waals surface area (Å²) in [6, 6.07) is 2.83. The van der Waals surface area contributed by atoms with Gasteiger partial charge in [-0.25, -0.2) is 0 Å². The van der Waals surface area contributed by atoms with E-state index in [-0.39, 0.29) is 42.5 Å². The van der Waals surface area contributed by atoms with Gasteiger partial charge in [-0.1, -0.05) is 0 Å². The normalized spacial score (nSPS) is 34.2. The highest BCUT2D eigenvalue weighted by Gasteiger charge is 2.42. The van der Waals surface area contributed by atoms with Crippen molar-refractivity contribution in [2.75, 3.05) is 13.2 Å². The van der Waals surface area contributed by atoms with Crippen molar-refractivity contribution >= 4 is 11.8 Å². The number of aromatic nitrogens is 2. The summed E-state index contributed by atoms with van der Waals surface area (Å²) in [5, 5.41) is 7.62. The van der Waals surface area contributed by atoms with Crippen molar-refractivity contribution in [3.05, 3.63) is 18.5 Å². The number of nitrogens with zero attached hydrogens (tertiary/aromatic N) is 3. The van der Waals surface area contributed by atoms with Crippen LogP contribution in [0.2, 0.25) is 0 Å². The molecular weight excluding hydrogens is 344 g/mol. The predicted molar refractivity (Wildman–Crippen MR) is 99.9 cm³/mol. The minimum atomic E-state index is 0.00185. The number of hydrogen-bond donors (Lipinski definition) is 1. The Kier molecular flexibility index (Phi) is 5.48. The Morgan fingerprint density at radius 1 is 1.26 bits per heavy atom. The second-order valence-electron chi connectivity index (χ2n) is 8.11. The molecule has 1 aliphatic heterocycles. The van der Waals surface area contributed by atoms with Crippen molar-refractivity contribution in [3.63, 3.8) is 0 Å². The average molecular weight is 374 g/mol. The molecule has 3 fully saturated rings. The molecule has 0 aromatic carbocycles. The molecule has 1 N–H and O–H groups in total. The zero-order chi connectivity index (χ0) is 18.8. The van der Waals surface area contributed by atoms with Gasteiger partial charge in [0.15, 0.2) is 0 Å². The van der Waals surface area contributed by atoms with Gasteiger partial charge in [0.05, 0.1) is 18.2 Å². The van der Waals surface area contributed by atoms with E-state index in [4.69, 9.17) is 4.74 Å². The third kappa shape index (κ3) is 3.88. The second kappa shape index (κ2) is 8.00. The largest absolute Gasteiger partial charge is 0.366 e. The lowest BCUT2D eigenvalue weighted by Crippen LogP contribution is -2.57. The number of carbonyl (C=O) groups excluding carboxylic acids is 2. The van der Waals surface area contributed by atoms with Crippen molar-refractivity contribution in [2.24, 2.45) is 5.92 Å². The molecule has 3 aliphatic rings. The minimum Gasteiger partial charge on any atom is -0.366 e. The van der Waals surface area contributed by atoms with Gasteiger partial charge in [0.25, 0.3) is 0 Å². The van der Waals surface area contributed by atoms with E-state index in [1.807, 2.05) is 35.0 Å². The molecule has 0 radical (unpaired) electrons. The Morgan fingerprint density at radius 2 is 2.07 bits per heavy atom. The summed E-state index contributed by atoms with van der Waals surface area (Å²) in [7, 11) is 0. The summed E-state index contributed by atoms with van der Waals surface area (Å²) in [4.78, 5) is 26.7. The van der Waals surface area contributed by atoms with Crippen LogP contribution in [0.25, 0.3) is 0 Å². The van der Waals surface area contributed by atoms with Crippen LogP contribution in [-0.2, 0) is 14.3 Å². The molecule has 7 nitrogen and oxygen atoms in total. The number of nitrogens with one attached hydrogen (secondary N) is 1. The maximum Gasteiger partial charge on any atom is 0.248 e. The van der Waals surface area contributed by atoms with Gasteiger partial charge >= 0.3 is 0 Å². The predicted octanol–water partition coefficient (Wildman–Crippen LogP) is 1.90. The van der Waals surface area contributed by atoms with E-state index in [1.165, 1.54) is 0 Å². The number of likely N-dealkylation sites (N-methyl/N-ethyl adjacent to an activating group) is 1. The number of ether oxygens (including phenoxy) is 1. The molecule has 1 aromatic heterocycles. The van der Waals surface area contributed by atoms with Crippen molar-refractivity contribution in [3.8, 4) is 0 Å². The molecule has 2 saturated carbocycles. The Hall–Kier alpha value is -1.89. The van der Waals surface area contributed by atoms with Crippen LogP contribution < -0.4 is 5.32 Å². The maximum absolute atomic E-state index is 12.8. The number of fused-ring (bicyclic) bond motifs is 1.